The second kappa shape index (κ2) is 22.7. The van der Waals surface area contributed by atoms with Crippen molar-refractivity contribution in [1.82, 2.24) is 25.6 Å². The standard InChI is InChI=1S/2C20H18N2O4.C12H14N2O2.C8H6O3/c2*1-24-20(23)15-9-13-12-4-2-3-5-14(12)21-19(13)18(22-15)11-6-7-16-17(8-11)26-10-25-16;1-16-12(15)10(13)6-8-7-14-11-5-3-2-4-9(8)11;9-4-6-1-2-7-8(3-6)11-5-10-7/h2*2-8,15,18,21-22H,9-10H2,1H3;2-5,7,10,14H,6,13H2,1H3;1-4H,5H2/t15-,18+;15-,18-;10-;/m111./s1. The van der Waals surface area contributed by atoms with Crippen LogP contribution in [-0.4, -0.2) is 99.0 Å². The topological polar surface area (TPSA) is 249 Å². The molecule has 0 unspecified atom stereocenters. The minimum atomic E-state index is -0.607. The predicted octanol–water partition coefficient (Wildman–Crippen LogP) is 7.79. The van der Waals surface area contributed by atoms with Gasteiger partial charge in [-0.2, -0.15) is 0 Å². The number of hydrogen-bond acceptors (Lipinski definition) is 16. The van der Waals surface area contributed by atoms with Gasteiger partial charge in [0.15, 0.2) is 34.5 Å². The van der Waals surface area contributed by atoms with Gasteiger partial charge >= 0.3 is 17.9 Å². The Morgan fingerprint density at radius 3 is 1.48 bits per heavy atom. The molecule has 19 heteroatoms. The van der Waals surface area contributed by atoms with Crippen molar-refractivity contribution in [1.29, 1.82) is 0 Å². The van der Waals surface area contributed by atoms with Crippen LogP contribution in [0.2, 0.25) is 0 Å². The van der Waals surface area contributed by atoms with Crippen molar-refractivity contribution in [2.75, 3.05) is 41.7 Å². The first kappa shape index (κ1) is 51.8. The summed E-state index contributed by atoms with van der Waals surface area (Å²) < 4.78 is 46.6. The van der Waals surface area contributed by atoms with E-state index in [0.717, 1.165) is 101 Å². The van der Waals surface area contributed by atoms with Crippen LogP contribution >= 0.6 is 0 Å². The first-order chi connectivity index (χ1) is 38.6. The van der Waals surface area contributed by atoms with Crippen LogP contribution in [-0.2, 0) is 47.9 Å². The van der Waals surface area contributed by atoms with E-state index in [1.165, 1.54) is 21.3 Å². The maximum atomic E-state index is 12.3. The van der Waals surface area contributed by atoms with Gasteiger partial charge in [-0.05, 0) is 88.5 Å². The van der Waals surface area contributed by atoms with Crippen molar-refractivity contribution in [3.63, 3.8) is 0 Å². The molecule has 0 saturated carbocycles. The molecule has 0 saturated heterocycles. The predicted molar refractivity (Wildman–Crippen MR) is 291 cm³/mol. The summed E-state index contributed by atoms with van der Waals surface area (Å²) in [6, 6.07) is 39.3. The molecular formula is C60H56N6O13. The van der Waals surface area contributed by atoms with Gasteiger partial charge in [0.05, 0.1) is 33.4 Å². The van der Waals surface area contributed by atoms with Crippen LogP contribution in [0.15, 0.2) is 134 Å². The zero-order valence-corrected chi connectivity index (χ0v) is 43.3. The molecule has 5 aliphatic rings. The maximum Gasteiger partial charge on any atom is 0.323 e. The summed E-state index contributed by atoms with van der Waals surface area (Å²) in [6.07, 6.45) is 4.33. The van der Waals surface area contributed by atoms with E-state index in [9.17, 15) is 19.2 Å². The highest BCUT2D eigenvalue weighted by atomic mass is 16.7. The molecule has 7 N–H and O–H groups in total. The number of H-pyrrole nitrogens is 3. The molecule has 5 atom stereocenters. The zero-order valence-electron chi connectivity index (χ0n) is 43.3. The summed E-state index contributed by atoms with van der Waals surface area (Å²) in [5.74, 6) is 3.38. The van der Waals surface area contributed by atoms with E-state index in [1.807, 2.05) is 91.1 Å². The highest BCUT2D eigenvalue weighted by Crippen LogP contribution is 2.42. The number of nitrogens with two attached hydrogens (primary N) is 1. The van der Waals surface area contributed by atoms with Crippen LogP contribution in [0.5, 0.6) is 34.5 Å². The number of aromatic amines is 3. The van der Waals surface area contributed by atoms with Gasteiger partial charge in [-0.3, -0.25) is 29.8 Å². The third kappa shape index (κ3) is 10.6. The third-order valence-electron chi connectivity index (χ3n) is 14.4. The Kier molecular flexibility index (Phi) is 14.9. The number of aldehydes is 1. The van der Waals surface area contributed by atoms with Gasteiger partial charge in [-0.25, -0.2) is 0 Å². The number of carbonyl (C=O) groups excluding carboxylic acids is 4. The van der Waals surface area contributed by atoms with Crippen molar-refractivity contribution >= 4 is 56.9 Å². The molecule has 6 aromatic carbocycles. The van der Waals surface area contributed by atoms with E-state index < -0.39 is 18.1 Å². The molecule has 0 amide bonds. The fourth-order valence-corrected chi connectivity index (χ4v) is 10.5. The molecule has 404 valence electrons. The lowest BCUT2D eigenvalue weighted by Gasteiger charge is -2.30. The number of aromatic nitrogens is 3. The van der Waals surface area contributed by atoms with Crippen molar-refractivity contribution in [3.05, 3.63) is 178 Å². The second-order valence-electron chi connectivity index (χ2n) is 19.0. The number of nitrogens with one attached hydrogen (secondary N) is 5. The summed E-state index contributed by atoms with van der Waals surface area (Å²) in [4.78, 5) is 56.2. The number of para-hydroxylation sites is 3. The van der Waals surface area contributed by atoms with Crippen LogP contribution < -0.4 is 44.8 Å². The van der Waals surface area contributed by atoms with Crippen molar-refractivity contribution < 1.29 is 61.8 Å². The second-order valence-corrected chi connectivity index (χ2v) is 19.0. The molecule has 5 aliphatic heterocycles. The molecule has 19 nitrogen and oxygen atoms in total. The lowest BCUT2D eigenvalue weighted by atomic mass is 9.90. The number of methoxy groups -OCH3 is 3. The summed E-state index contributed by atoms with van der Waals surface area (Å²) in [7, 11) is 4.19. The van der Waals surface area contributed by atoms with Crippen molar-refractivity contribution in [2.24, 2.45) is 5.73 Å². The zero-order chi connectivity index (χ0) is 54.6. The minimum absolute atomic E-state index is 0.162. The smallest absolute Gasteiger partial charge is 0.323 e. The van der Waals surface area contributed by atoms with Gasteiger partial charge in [0.2, 0.25) is 20.4 Å². The normalized spacial score (nSPS) is 18.1. The Morgan fingerprint density at radius 2 is 1.00 bits per heavy atom. The molecular weight excluding hydrogens is 1010 g/mol. The van der Waals surface area contributed by atoms with Gasteiger partial charge in [-0.15, -0.1) is 0 Å². The van der Waals surface area contributed by atoms with Gasteiger partial charge in [-0.1, -0.05) is 66.7 Å². The fourth-order valence-electron chi connectivity index (χ4n) is 10.5. The van der Waals surface area contributed by atoms with E-state index >= 15 is 0 Å². The number of carbonyl (C=O) groups is 4. The molecule has 0 radical (unpaired) electrons. The Labute approximate surface area is 452 Å². The average Bonchev–Trinajstić information content (AvgIpc) is 4.52. The average molecular weight is 1070 g/mol. The van der Waals surface area contributed by atoms with Gasteiger partial charge in [0.1, 0.15) is 24.4 Å². The minimum Gasteiger partial charge on any atom is -0.468 e. The highest BCUT2D eigenvalue weighted by Gasteiger charge is 2.37. The summed E-state index contributed by atoms with van der Waals surface area (Å²) in [5, 5.41) is 10.2. The first-order valence-corrected chi connectivity index (χ1v) is 25.5. The number of benzene rings is 6. The first-order valence-electron chi connectivity index (χ1n) is 25.5. The van der Waals surface area contributed by atoms with E-state index in [2.05, 4.69) is 54.6 Å². The molecule has 79 heavy (non-hydrogen) atoms. The van der Waals surface area contributed by atoms with Crippen molar-refractivity contribution in [3.8, 4) is 34.5 Å². The summed E-state index contributed by atoms with van der Waals surface area (Å²) in [6.45, 7) is 0.719. The Bertz CT molecular complexity index is 3570. The van der Waals surface area contributed by atoms with E-state index in [4.69, 9.17) is 43.6 Å². The number of hydrogen-bond donors (Lipinski definition) is 6. The van der Waals surface area contributed by atoms with Crippen LogP contribution in [0.4, 0.5) is 0 Å². The summed E-state index contributed by atoms with van der Waals surface area (Å²) in [5.41, 5.74) is 17.0. The molecule has 9 aromatic rings. The van der Waals surface area contributed by atoms with Crippen LogP contribution in [0.3, 0.4) is 0 Å². The fraction of sp³-hybridized carbons (Fsp3) is 0.233. The molecule has 0 aliphatic carbocycles. The summed E-state index contributed by atoms with van der Waals surface area (Å²) >= 11 is 0. The third-order valence-corrected chi connectivity index (χ3v) is 14.4. The lowest BCUT2D eigenvalue weighted by Crippen LogP contribution is -2.45. The largest absolute Gasteiger partial charge is 0.468 e. The van der Waals surface area contributed by atoms with Gasteiger partial charge in [0, 0.05) is 75.1 Å². The molecule has 0 bridgehead atoms. The number of rotatable bonds is 8. The molecule has 14 rings (SSSR count). The Balaban J connectivity index is 0.000000117. The van der Waals surface area contributed by atoms with Gasteiger partial charge in [0.25, 0.3) is 0 Å². The van der Waals surface area contributed by atoms with E-state index in [1.54, 1.807) is 18.2 Å². The van der Waals surface area contributed by atoms with E-state index in [0.29, 0.717) is 36.3 Å². The van der Waals surface area contributed by atoms with Crippen LogP contribution in [0.25, 0.3) is 32.7 Å². The monoisotopic (exact) mass is 1070 g/mol. The number of esters is 3. The Morgan fingerprint density at radius 1 is 0.557 bits per heavy atom. The SMILES string of the molecule is COC(=O)[C@H](N)Cc1c[nH]c2ccccc12.COC(=O)[C@H]1Cc2c([nH]c3ccccc23)[C@@H](c2ccc3c(c2)OCO3)N1.COC(=O)[C@H]1Cc2c([nH]c3ccccc23)[C@H](c2ccc3c(c2)OCO3)N1.O=Cc1ccc2c(c1)OCO2. The van der Waals surface area contributed by atoms with Gasteiger partial charge < -0.3 is 63.3 Å². The van der Waals surface area contributed by atoms with Crippen LogP contribution in [0, 0.1) is 0 Å². The molecule has 0 spiro atoms. The number of fused-ring (bicyclic) bond motifs is 10. The van der Waals surface area contributed by atoms with Crippen molar-refractivity contribution in [2.45, 2.75) is 49.5 Å². The molecule has 3 aromatic heterocycles. The lowest BCUT2D eigenvalue weighted by molar-refractivity contribution is -0.144. The highest BCUT2D eigenvalue weighted by molar-refractivity contribution is 5.89. The quantitative estimate of drug-likeness (QED) is 0.0483. The van der Waals surface area contributed by atoms with Crippen LogP contribution in [0.1, 0.15) is 61.6 Å². The number of ether oxygens (including phenoxy) is 9. The van der Waals surface area contributed by atoms with E-state index in [-0.39, 0.29) is 50.4 Å². The molecule has 8 heterocycles. The Hall–Kier alpha value is -9.30. The molecule has 0 fully saturated rings. The maximum absolute atomic E-state index is 12.3.